The zero-order valence-corrected chi connectivity index (χ0v) is 10.4. The van der Waals surface area contributed by atoms with Crippen LogP contribution in [0.15, 0.2) is 53.3 Å². The molecule has 1 aromatic heterocycles. The summed E-state index contributed by atoms with van der Waals surface area (Å²) in [5.74, 6) is 0. The summed E-state index contributed by atoms with van der Waals surface area (Å²) in [4.78, 5) is 4.09. The lowest BCUT2D eigenvalue weighted by atomic mass is 9.98. The summed E-state index contributed by atoms with van der Waals surface area (Å²) in [6, 6.07) is 13.7. The number of nitrogens with two attached hydrogens (primary N) is 2. The Hall–Kier alpha value is -2.17. The van der Waals surface area contributed by atoms with Crippen molar-refractivity contribution < 1.29 is 4.42 Å². The van der Waals surface area contributed by atoms with Gasteiger partial charge in [0.05, 0.1) is 6.04 Å². The molecule has 3 aromatic rings. The second-order valence-corrected chi connectivity index (χ2v) is 4.50. The monoisotopic (exact) mass is 253 g/mol. The standard InChI is InChI=1S/C15H15N3O/c16-8-10-1-3-11(4-2-10)15(17)12-5-6-13-14(7-12)19-9-18-13/h1-7,9,15H,8,16-17H2. The summed E-state index contributed by atoms with van der Waals surface area (Å²) in [7, 11) is 0. The van der Waals surface area contributed by atoms with E-state index in [2.05, 4.69) is 4.98 Å². The molecule has 19 heavy (non-hydrogen) atoms. The van der Waals surface area contributed by atoms with Gasteiger partial charge in [-0.2, -0.15) is 0 Å². The minimum atomic E-state index is -0.179. The highest BCUT2D eigenvalue weighted by Gasteiger charge is 2.10. The Bertz CT molecular complexity index is 688. The second kappa shape index (κ2) is 4.84. The summed E-state index contributed by atoms with van der Waals surface area (Å²) < 4.78 is 5.30. The molecule has 0 aliphatic carbocycles. The predicted octanol–water partition coefficient (Wildman–Crippen LogP) is 2.33. The van der Waals surface area contributed by atoms with E-state index in [1.807, 2.05) is 42.5 Å². The number of nitrogens with zero attached hydrogens (tertiary/aromatic N) is 1. The van der Waals surface area contributed by atoms with Crippen molar-refractivity contribution in [1.82, 2.24) is 4.98 Å². The summed E-state index contributed by atoms with van der Waals surface area (Å²) in [6.45, 7) is 0.541. The van der Waals surface area contributed by atoms with Crippen LogP contribution in [0.1, 0.15) is 22.7 Å². The third-order valence-electron chi connectivity index (χ3n) is 3.29. The molecule has 1 unspecified atom stereocenters. The van der Waals surface area contributed by atoms with Gasteiger partial charge in [-0.25, -0.2) is 4.98 Å². The van der Waals surface area contributed by atoms with Crippen LogP contribution in [0.5, 0.6) is 0 Å². The predicted molar refractivity (Wildman–Crippen MR) is 74.4 cm³/mol. The Kier molecular flexibility index (Phi) is 3.03. The van der Waals surface area contributed by atoms with Gasteiger partial charge in [-0.1, -0.05) is 30.3 Å². The fourth-order valence-corrected chi connectivity index (χ4v) is 2.12. The lowest BCUT2D eigenvalue weighted by molar-refractivity contribution is 0.601. The van der Waals surface area contributed by atoms with Crippen molar-refractivity contribution >= 4 is 11.1 Å². The number of oxazole rings is 1. The molecule has 0 saturated heterocycles. The smallest absolute Gasteiger partial charge is 0.181 e. The first-order valence-electron chi connectivity index (χ1n) is 6.15. The van der Waals surface area contributed by atoms with Gasteiger partial charge in [-0.05, 0) is 28.8 Å². The molecule has 0 bridgehead atoms. The number of fused-ring (bicyclic) bond motifs is 1. The first-order chi connectivity index (χ1) is 9.28. The molecule has 0 aliphatic rings. The molecule has 3 rings (SSSR count). The van der Waals surface area contributed by atoms with Gasteiger partial charge < -0.3 is 15.9 Å². The molecule has 0 radical (unpaired) electrons. The number of hydrogen-bond acceptors (Lipinski definition) is 4. The first kappa shape index (κ1) is 11.9. The highest BCUT2D eigenvalue weighted by atomic mass is 16.3. The molecule has 4 N–H and O–H groups in total. The zero-order valence-electron chi connectivity index (χ0n) is 10.4. The van der Waals surface area contributed by atoms with Crippen LogP contribution in [0.25, 0.3) is 11.1 Å². The lowest BCUT2D eigenvalue weighted by Crippen LogP contribution is -2.11. The van der Waals surface area contributed by atoms with Crippen LogP contribution in [0, 0.1) is 0 Å². The molecule has 0 saturated carbocycles. The maximum absolute atomic E-state index is 6.27. The number of benzene rings is 2. The van der Waals surface area contributed by atoms with Crippen molar-refractivity contribution in [2.75, 3.05) is 0 Å². The van der Waals surface area contributed by atoms with Gasteiger partial charge in [0.25, 0.3) is 0 Å². The van der Waals surface area contributed by atoms with Gasteiger partial charge in [-0.15, -0.1) is 0 Å². The van der Waals surface area contributed by atoms with Crippen LogP contribution >= 0.6 is 0 Å². The summed E-state index contributed by atoms with van der Waals surface area (Å²) >= 11 is 0. The van der Waals surface area contributed by atoms with Crippen LogP contribution in [-0.4, -0.2) is 4.98 Å². The maximum Gasteiger partial charge on any atom is 0.181 e. The SMILES string of the molecule is NCc1ccc(C(N)c2ccc3ncoc3c2)cc1. The fourth-order valence-electron chi connectivity index (χ4n) is 2.12. The Labute approximate surface area is 111 Å². The van der Waals surface area contributed by atoms with Gasteiger partial charge in [0.15, 0.2) is 12.0 Å². The van der Waals surface area contributed by atoms with E-state index in [1.54, 1.807) is 0 Å². The number of rotatable bonds is 3. The molecule has 4 heteroatoms. The Balaban J connectivity index is 1.94. The van der Waals surface area contributed by atoms with Crippen LogP contribution < -0.4 is 11.5 Å². The fraction of sp³-hybridized carbons (Fsp3) is 0.133. The molecule has 0 amide bonds. The average Bonchev–Trinajstić information content (AvgIpc) is 2.94. The van der Waals surface area contributed by atoms with E-state index >= 15 is 0 Å². The highest BCUT2D eigenvalue weighted by molar-refractivity contribution is 5.73. The van der Waals surface area contributed by atoms with E-state index in [4.69, 9.17) is 15.9 Å². The Morgan fingerprint density at radius 1 is 1.05 bits per heavy atom. The van der Waals surface area contributed by atoms with Crippen molar-refractivity contribution in [2.24, 2.45) is 11.5 Å². The van der Waals surface area contributed by atoms with Gasteiger partial charge in [0.2, 0.25) is 0 Å². The quantitative estimate of drug-likeness (QED) is 0.751. The molecule has 0 spiro atoms. The topological polar surface area (TPSA) is 78.1 Å². The largest absolute Gasteiger partial charge is 0.443 e. The molecule has 2 aromatic carbocycles. The first-order valence-corrected chi connectivity index (χ1v) is 6.15. The van der Waals surface area contributed by atoms with Crippen molar-refractivity contribution in [2.45, 2.75) is 12.6 Å². The molecule has 96 valence electrons. The summed E-state index contributed by atoms with van der Waals surface area (Å²) in [6.07, 6.45) is 1.44. The van der Waals surface area contributed by atoms with E-state index in [0.717, 1.165) is 27.8 Å². The lowest BCUT2D eigenvalue weighted by Gasteiger charge is -2.12. The number of aromatic nitrogens is 1. The normalized spacial score (nSPS) is 12.7. The van der Waals surface area contributed by atoms with Gasteiger partial charge >= 0.3 is 0 Å². The van der Waals surface area contributed by atoms with Crippen molar-refractivity contribution in [3.63, 3.8) is 0 Å². The molecule has 0 aliphatic heterocycles. The van der Waals surface area contributed by atoms with Crippen LogP contribution in [-0.2, 0) is 6.54 Å². The van der Waals surface area contributed by atoms with E-state index in [0.29, 0.717) is 6.54 Å². The molecular weight excluding hydrogens is 238 g/mol. The van der Waals surface area contributed by atoms with Crippen LogP contribution in [0.3, 0.4) is 0 Å². The third-order valence-corrected chi connectivity index (χ3v) is 3.29. The molecular formula is C15H15N3O. The van der Waals surface area contributed by atoms with Crippen LogP contribution in [0.4, 0.5) is 0 Å². The molecule has 0 fully saturated rings. The van der Waals surface area contributed by atoms with Crippen molar-refractivity contribution in [3.05, 3.63) is 65.5 Å². The minimum Gasteiger partial charge on any atom is -0.443 e. The molecule has 1 heterocycles. The van der Waals surface area contributed by atoms with E-state index < -0.39 is 0 Å². The van der Waals surface area contributed by atoms with E-state index in [9.17, 15) is 0 Å². The average molecular weight is 253 g/mol. The maximum atomic E-state index is 6.27. The summed E-state index contributed by atoms with van der Waals surface area (Å²) in [5, 5.41) is 0. The molecule has 1 atom stereocenters. The van der Waals surface area contributed by atoms with Crippen LogP contribution in [0.2, 0.25) is 0 Å². The Morgan fingerprint density at radius 2 is 1.79 bits per heavy atom. The minimum absolute atomic E-state index is 0.179. The molecule has 4 nitrogen and oxygen atoms in total. The van der Waals surface area contributed by atoms with Gasteiger partial charge in [0, 0.05) is 6.54 Å². The third kappa shape index (κ3) is 2.23. The number of hydrogen-bond donors (Lipinski definition) is 2. The highest BCUT2D eigenvalue weighted by Crippen LogP contribution is 2.23. The Morgan fingerprint density at radius 3 is 2.53 bits per heavy atom. The van der Waals surface area contributed by atoms with E-state index in [-0.39, 0.29) is 6.04 Å². The van der Waals surface area contributed by atoms with Crippen molar-refractivity contribution in [1.29, 1.82) is 0 Å². The second-order valence-electron chi connectivity index (χ2n) is 4.50. The van der Waals surface area contributed by atoms with Crippen molar-refractivity contribution in [3.8, 4) is 0 Å². The van der Waals surface area contributed by atoms with Gasteiger partial charge in [0.1, 0.15) is 5.52 Å². The van der Waals surface area contributed by atoms with E-state index in [1.165, 1.54) is 6.39 Å². The van der Waals surface area contributed by atoms with Gasteiger partial charge in [-0.3, -0.25) is 0 Å². The summed E-state index contributed by atoms with van der Waals surface area (Å²) in [5.41, 5.74) is 16.6. The zero-order chi connectivity index (χ0) is 13.2.